The molecule has 2 N–H and O–H groups in total. The van der Waals surface area contributed by atoms with E-state index in [2.05, 4.69) is 32.6 Å². The molecular formula is C21H18BrN3O2S. The van der Waals surface area contributed by atoms with Gasteiger partial charge < -0.3 is 10.6 Å². The second-order valence-corrected chi connectivity index (χ2v) is 8.17. The van der Waals surface area contributed by atoms with E-state index in [0.29, 0.717) is 17.1 Å². The maximum absolute atomic E-state index is 12.2. The molecule has 3 rings (SSSR count). The Labute approximate surface area is 176 Å². The summed E-state index contributed by atoms with van der Waals surface area (Å²) >= 11 is 4.61. The van der Waals surface area contributed by atoms with Crippen molar-refractivity contribution in [2.45, 2.75) is 18.9 Å². The lowest BCUT2D eigenvalue weighted by molar-refractivity contribution is -0.121. The SMILES string of the molecule is N#CC1=C(SCC(=O)NCc2ccccc2)NC(=O)C[C@@H]1c1cccc(Br)c1. The van der Waals surface area contributed by atoms with Crippen molar-refractivity contribution < 1.29 is 9.59 Å². The molecule has 0 fully saturated rings. The Kier molecular flexibility index (Phi) is 6.90. The van der Waals surface area contributed by atoms with Crippen LogP contribution in [0.15, 0.2) is 69.7 Å². The zero-order chi connectivity index (χ0) is 19.9. The lowest BCUT2D eigenvalue weighted by atomic mass is 9.87. The summed E-state index contributed by atoms with van der Waals surface area (Å²) in [5, 5.41) is 15.7. The van der Waals surface area contributed by atoms with E-state index >= 15 is 0 Å². The lowest BCUT2D eigenvalue weighted by Crippen LogP contribution is -2.32. The van der Waals surface area contributed by atoms with Gasteiger partial charge in [0.15, 0.2) is 0 Å². The Morgan fingerprint density at radius 2 is 2.04 bits per heavy atom. The van der Waals surface area contributed by atoms with E-state index in [9.17, 15) is 14.9 Å². The van der Waals surface area contributed by atoms with Crippen molar-refractivity contribution in [3.05, 3.63) is 80.8 Å². The summed E-state index contributed by atoms with van der Waals surface area (Å²) in [6, 6.07) is 19.4. The molecule has 7 heteroatoms. The number of allylic oxidation sites excluding steroid dienone is 1. The van der Waals surface area contributed by atoms with E-state index in [1.54, 1.807) is 0 Å². The van der Waals surface area contributed by atoms with Crippen molar-refractivity contribution in [2.24, 2.45) is 0 Å². The van der Waals surface area contributed by atoms with Gasteiger partial charge in [0, 0.05) is 23.4 Å². The van der Waals surface area contributed by atoms with Crippen LogP contribution < -0.4 is 10.6 Å². The average Bonchev–Trinajstić information content (AvgIpc) is 2.71. The lowest BCUT2D eigenvalue weighted by Gasteiger charge is -2.25. The summed E-state index contributed by atoms with van der Waals surface area (Å²) in [6.07, 6.45) is 0.212. The van der Waals surface area contributed by atoms with Gasteiger partial charge in [-0.05, 0) is 23.3 Å². The van der Waals surface area contributed by atoms with Gasteiger partial charge in [0.1, 0.15) is 0 Å². The zero-order valence-electron chi connectivity index (χ0n) is 14.9. The summed E-state index contributed by atoms with van der Waals surface area (Å²) in [7, 11) is 0. The number of carbonyl (C=O) groups is 2. The second kappa shape index (κ2) is 9.58. The molecule has 1 heterocycles. The van der Waals surface area contributed by atoms with E-state index in [0.717, 1.165) is 15.6 Å². The van der Waals surface area contributed by atoms with Gasteiger partial charge in [-0.2, -0.15) is 5.26 Å². The predicted molar refractivity (Wildman–Crippen MR) is 113 cm³/mol. The van der Waals surface area contributed by atoms with Gasteiger partial charge in [-0.25, -0.2) is 0 Å². The summed E-state index contributed by atoms with van der Waals surface area (Å²) in [6.45, 7) is 0.442. The molecule has 1 atom stereocenters. The fourth-order valence-electron chi connectivity index (χ4n) is 2.93. The topological polar surface area (TPSA) is 82.0 Å². The average molecular weight is 456 g/mol. The largest absolute Gasteiger partial charge is 0.351 e. The minimum atomic E-state index is -0.314. The van der Waals surface area contributed by atoms with Crippen LogP contribution in [0.25, 0.3) is 0 Å². The fourth-order valence-corrected chi connectivity index (χ4v) is 4.25. The van der Waals surface area contributed by atoms with Crippen LogP contribution in [0.2, 0.25) is 0 Å². The van der Waals surface area contributed by atoms with Gasteiger partial charge in [-0.1, -0.05) is 70.2 Å². The third-order valence-electron chi connectivity index (χ3n) is 4.29. The van der Waals surface area contributed by atoms with Crippen LogP contribution in [0.5, 0.6) is 0 Å². The molecule has 0 bridgehead atoms. The van der Waals surface area contributed by atoms with Crippen LogP contribution in [0.1, 0.15) is 23.5 Å². The molecule has 0 spiro atoms. The molecule has 0 aliphatic carbocycles. The number of hydrogen-bond acceptors (Lipinski definition) is 4. The number of hydrogen-bond donors (Lipinski definition) is 2. The molecule has 1 aliphatic rings. The molecule has 28 heavy (non-hydrogen) atoms. The molecule has 0 saturated heterocycles. The van der Waals surface area contributed by atoms with E-state index in [-0.39, 0.29) is 29.9 Å². The minimum absolute atomic E-state index is 0.124. The first kappa shape index (κ1) is 20.2. The number of nitrogens with one attached hydrogen (secondary N) is 2. The van der Waals surface area contributed by atoms with Crippen LogP contribution in [0.3, 0.4) is 0 Å². The Balaban J connectivity index is 1.69. The summed E-state index contributed by atoms with van der Waals surface area (Å²) in [4.78, 5) is 24.4. The van der Waals surface area contributed by atoms with Gasteiger partial charge in [-0.3, -0.25) is 9.59 Å². The van der Waals surface area contributed by atoms with Crippen molar-refractivity contribution in [3.63, 3.8) is 0 Å². The summed E-state index contributed by atoms with van der Waals surface area (Å²) < 4.78 is 0.891. The van der Waals surface area contributed by atoms with Crippen molar-refractivity contribution >= 4 is 39.5 Å². The highest BCUT2D eigenvalue weighted by Crippen LogP contribution is 2.36. The number of rotatable bonds is 6. The molecule has 2 amide bonds. The number of halogens is 1. The van der Waals surface area contributed by atoms with Gasteiger partial charge in [0.05, 0.1) is 22.4 Å². The van der Waals surface area contributed by atoms with Crippen LogP contribution in [-0.4, -0.2) is 17.6 Å². The Morgan fingerprint density at radius 3 is 2.75 bits per heavy atom. The zero-order valence-corrected chi connectivity index (χ0v) is 17.3. The molecule has 0 aromatic heterocycles. The van der Waals surface area contributed by atoms with Gasteiger partial charge in [0.2, 0.25) is 11.8 Å². The standard InChI is InChI=1S/C21H18BrN3O2S/c22-16-8-4-7-15(9-16)17-10-19(26)25-21(18(17)11-23)28-13-20(27)24-12-14-5-2-1-3-6-14/h1-9,17H,10,12-13H2,(H,24,27)(H,25,26)/t17-/m1/s1. The first-order valence-electron chi connectivity index (χ1n) is 8.70. The molecule has 0 saturated carbocycles. The van der Waals surface area contributed by atoms with Crippen molar-refractivity contribution in [3.8, 4) is 6.07 Å². The fraction of sp³-hybridized carbons (Fsp3) is 0.190. The number of carbonyl (C=O) groups excluding carboxylic acids is 2. The third kappa shape index (κ3) is 5.24. The monoisotopic (exact) mass is 455 g/mol. The van der Waals surface area contributed by atoms with Crippen LogP contribution >= 0.6 is 27.7 Å². The van der Waals surface area contributed by atoms with E-state index in [1.807, 2.05) is 54.6 Å². The Bertz CT molecular complexity index is 954. The number of thioether (sulfide) groups is 1. The molecule has 5 nitrogen and oxygen atoms in total. The molecule has 2 aromatic carbocycles. The predicted octanol–water partition coefficient (Wildman–Crippen LogP) is 3.84. The van der Waals surface area contributed by atoms with Crippen molar-refractivity contribution in [1.29, 1.82) is 5.26 Å². The molecule has 2 aromatic rings. The van der Waals surface area contributed by atoms with Gasteiger partial charge in [0.25, 0.3) is 0 Å². The van der Waals surface area contributed by atoms with E-state index in [1.165, 1.54) is 11.8 Å². The molecule has 142 valence electrons. The summed E-state index contributed by atoms with van der Waals surface area (Å²) in [5.41, 5.74) is 2.39. The maximum atomic E-state index is 12.2. The summed E-state index contributed by atoms with van der Waals surface area (Å²) in [5.74, 6) is -0.501. The number of amides is 2. The number of nitriles is 1. The van der Waals surface area contributed by atoms with Crippen LogP contribution in [0.4, 0.5) is 0 Å². The van der Waals surface area contributed by atoms with Crippen molar-refractivity contribution in [1.82, 2.24) is 10.6 Å². The van der Waals surface area contributed by atoms with Crippen LogP contribution in [0, 0.1) is 11.3 Å². The number of benzene rings is 2. The third-order valence-corrected chi connectivity index (χ3v) is 5.80. The number of nitrogens with zero attached hydrogens (tertiary/aromatic N) is 1. The molecule has 0 unspecified atom stereocenters. The Morgan fingerprint density at radius 1 is 1.25 bits per heavy atom. The highest BCUT2D eigenvalue weighted by Gasteiger charge is 2.29. The van der Waals surface area contributed by atoms with Gasteiger partial charge >= 0.3 is 0 Å². The minimum Gasteiger partial charge on any atom is -0.351 e. The first-order valence-corrected chi connectivity index (χ1v) is 10.5. The molecular weight excluding hydrogens is 438 g/mol. The van der Waals surface area contributed by atoms with Crippen LogP contribution in [-0.2, 0) is 16.1 Å². The first-order chi connectivity index (χ1) is 13.6. The molecule has 1 aliphatic heterocycles. The normalized spacial score (nSPS) is 16.3. The Hall–Kier alpha value is -2.56. The smallest absolute Gasteiger partial charge is 0.230 e. The highest BCUT2D eigenvalue weighted by molar-refractivity contribution is 9.10. The highest BCUT2D eigenvalue weighted by atomic mass is 79.9. The van der Waals surface area contributed by atoms with E-state index in [4.69, 9.17) is 0 Å². The quantitative estimate of drug-likeness (QED) is 0.692. The second-order valence-electron chi connectivity index (χ2n) is 6.27. The molecule has 0 radical (unpaired) electrons. The van der Waals surface area contributed by atoms with Gasteiger partial charge in [-0.15, -0.1) is 0 Å². The van der Waals surface area contributed by atoms with E-state index < -0.39 is 0 Å². The maximum Gasteiger partial charge on any atom is 0.230 e. The van der Waals surface area contributed by atoms with Crippen molar-refractivity contribution in [2.75, 3.05) is 5.75 Å².